The Morgan fingerprint density at radius 3 is 2.78 bits per heavy atom. The number of aromatic nitrogens is 2. The van der Waals surface area contributed by atoms with Gasteiger partial charge in [-0.05, 0) is 31.9 Å². The lowest BCUT2D eigenvalue weighted by Gasteiger charge is -2.16. The van der Waals surface area contributed by atoms with Crippen molar-refractivity contribution < 1.29 is 5.11 Å². The Balaban J connectivity index is 2.50. The van der Waals surface area contributed by atoms with Crippen molar-refractivity contribution in [3.8, 4) is 0 Å². The Bertz CT molecular complexity index is 563. The predicted molar refractivity (Wildman–Crippen MR) is 72.9 cm³/mol. The van der Waals surface area contributed by atoms with Gasteiger partial charge in [-0.1, -0.05) is 35.4 Å². The number of aliphatic hydroxyl groups excluding tert-OH is 1. The molecule has 0 aliphatic heterocycles. The van der Waals surface area contributed by atoms with Crippen molar-refractivity contribution >= 4 is 11.6 Å². The van der Waals surface area contributed by atoms with E-state index in [1.54, 1.807) is 10.9 Å². The highest BCUT2D eigenvalue weighted by Crippen LogP contribution is 2.30. The van der Waals surface area contributed by atoms with Crippen LogP contribution in [0.2, 0.25) is 5.02 Å². The van der Waals surface area contributed by atoms with Gasteiger partial charge in [0, 0.05) is 6.54 Å². The van der Waals surface area contributed by atoms with E-state index in [2.05, 4.69) is 5.10 Å². The number of rotatable bonds is 3. The quantitative estimate of drug-likeness (QED) is 0.924. The molecule has 1 atom stereocenters. The van der Waals surface area contributed by atoms with Crippen molar-refractivity contribution in [2.45, 2.75) is 33.4 Å². The van der Waals surface area contributed by atoms with E-state index in [4.69, 9.17) is 11.6 Å². The van der Waals surface area contributed by atoms with Gasteiger partial charge in [0.1, 0.15) is 6.10 Å². The van der Waals surface area contributed by atoms with Gasteiger partial charge in [-0.2, -0.15) is 5.10 Å². The number of benzene rings is 1. The van der Waals surface area contributed by atoms with Gasteiger partial charge in [-0.25, -0.2) is 0 Å². The van der Waals surface area contributed by atoms with Gasteiger partial charge < -0.3 is 5.11 Å². The van der Waals surface area contributed by atoms with E-state index >= 15 is 0 Å². The van der Waals surface area contributed by atoms with Crippen LogP contribution in [-0.4, -0.2) is 14.9 Å². The fourth-order valence-corrected chi connectivity index (χ4v) is 2.34. The number of aryl methyl sites for hydroxylation is 3. The Hall–Kier alpha value is -1.32. The van der Waals surface area contributed by atoms with E-state index < -0.39 is 6.10 Å². The zero-order chi connectivity index (χ0) is 13.3. The minimum atomic E-state index is -0.736. The topological polar surface area (TPSA) is 38.0 Å². The highest BCUT2D eigenvalue weighted by atomic mass is 35.5. The summed E-state index contributed by atoms with van der Waals surface area (Å²) in [5.41, 5.74) is 3.71. The third kappa shape index (κ3) is 2.28. The first-order valence-electron chi connectivity index (χ1n) is 6.01. The van der Waals surface area contributed by atoms with E-state index in [-0.39, 0.29) is 0 Å². The summed E-state index contributed by atoms with van der Waals surface area (Å²) in [5, 5.41) is 15.2. The summed E-state index contributed by atoms with van der Waals surface area (Å²) in [6.45, 7) is 6.65. The number of aliphatic hydroxyl groups is 1. The molecule has 0 saturated heterocycles. The third-order valence-corrected chi connectivity index (χ3v) is 3.41. The average molecular weight is 265 g/mol. The Morgan fingerprint density at radius 2 is 2.11 bits per heavy atom. The summed E-state index contributed by atoms with van der Waals surface area (Å²) in [4.78, 5) is 0. The molecule has 0 bridgehead atoms. The summed E-state index contributed by atoms with van der Waals surface area (Å²) in [5.74, 6) is 0. The fourth-order valence-electron chi connectivity index (χ4n) is 2.10. The SMILES string of the molecule is CCn1ncc(Cl)c1C(O)c1cc(C)ccc1C. The van der Waals surface area contributed by atoms with Gasteiger partial charge in [0.15, 0.2) is 0 Å². The van der Waals surface area contributed by atoms with Gasteiger partial charge >= 0.3 is 0 Å². The molecule has 4 heteroatoms. The van der Waals surface area contributed by atoms with Crippen LogP contribution < -0.4 is 0 Å². The van der Waals surface area contributed by atoms with Crippen LogP contribution in [-0.2, 0) is 6.54 Å². The first-order chi connectivity index (χ1) is 8.54. The molecule has 0 fully saturated rings. The molecular weight excluding hydrogens is 248 g/mol. The van der Waals surface area contributed by atoms with Gasteiger partial charge in [0.05, 0.1) is 16.9 Å². The fraction of sp³-hybridized carbons (Fsp3) is 0.357. The van der Waals surface area contributed by atoms with Crippen LogP contribution in [0.3, 0.4) is 0 Å². The van der Waals surface area contributed by atoms with Gasteiger partial charge in [0.25, 0.3) is 0 Å². The maximum absolute atomic E-state index is 10.5. The molecule has 1 N–H and O–H groups in total. The third-order valence-electron chi connectivity index (χ3n) is 3.12. The van der Waals surface area contributed by atoms with Crippen LogP contribution in [0.5, 0.6) is 0 Å². The number of nitrogens with zero attached hydrogens (tertiary/aromatic N) is 2. The molecule has 18 heavy (non-hydrogen) atoms. The summed E-state index contributed by atoms with van der Waals surface area (Å²) in [6.07, 6.45) is 0.842. The largest absolute Gasteiger partial charge is 0.382 e. The molecule has 0 saturated carbocycles. The molecule has 1 unspecified atom stereocenters. The molecule has 0 spiro atoms. The normalized spacial score (nSPS) is 12.7. The summed E-state index contributed by atoms with van der Waals surface area (Å²) < 4.78 is 1.73. The lowest BCUT2D eigenvalue weighted by molar-refractivity contribution is 0.207. The maximum Gasteiger partial charge on any atom is 0.122 e. The molecule has 0 aliphatic rings. The Labute approximate surface area is 112 Å². The maximum atomic E-state index is 10.5. The first kappa shape index (κ1) is 13.1. The first-order valence-corrected chi connectivity index (χ1v) is 6.38. The van der Waals surface area contributed by atoms with Gasteiger partial charge in [-0.3, -0.25) is 4.68 Å². The lowest BCUT2D eigenvalue weighted by atomic mass is 9.99. The molecule has 2 aromatic rings. The molecule has 0 radical (unpaired) electrons. The summed E-state index contributed by atoms with van der Waals surface area (Å²) in [7, 11) is 0. The van der Waals surface area contributed by atoms with Crippen LogP contribution in [0.4, 0.5) is 0 Å². The van der Waals surface area contributed by atoms with E-state index in [1.165, 1.54) is 0 Å². The van der Waals surface area contributed by atoms with Crippen molar-refractivity contribution in [2.75, 3.05) is 0 Å². The van der Waals surface area contributed by atoms with Crippen molar-refractivity contribution in [3.63, 3.8) is 0 Å². The highest BCUT2D eigenvalue weighted by Gasteiger charge is 2.20. The number of halogens is 1. The molecule has 0 amide bonds. The molecule has 1 aromatic carbocycles. The van der Waals surface area contributed by atoms with E-state index in [0.717, 1.165) is 16.7 Å². The Kier molecular flexibility index (Phi) is 3.73. The highest BCUT2D eigenvalue weighted by molar-refractivity contribution is 6.31. The van der Waals surface area contributed by atoms with Crippen LogP contribution >= 0.6 is 11.6 Å². The second kappa shape index (κ2) is 5.12. The van der Waals surface area contributed by atoms with Crippen LogP contribution in [0.25, 0.3) is 0 Å². The second-order valence-electron chi connectivity index (χ2n) is 4.46. The number of hydrogen-bond acceptors (Lipinski definition) is 2. The van der Waals surface area contributed by atoms with E-state index in [9.17, 15) is 5.11 Å². The van der Waals surface area contributed by atoms with Crippen molar-refractivity contribution in [1.82, 2.24) is 9.78 Å². The number of hydrogen-bond donors (Lipinski definition) is 1. The average Bonchev–Trinajstić information content (AvgIpc) is 2.72. The Morgan fingerprint density at radius 1 is 1.39 bits per heavy atom. The van der Waals surface area contributed by atoms with Crippen LogP contribution in [0.1, 0.15) is 35.4 Å². The second-order valence-corrected chi connectivity index (χ2v) is 4.86. The minimum absolute atomic E-state index is 0.505. The summed E-state index contributed by atoms with van der Waals surface area (Å²) >= 11 is 6.12. The van der Waals surface area contributed by atoms with Crippen LogP contribution in [0.15, 0.2) is 24.4 Å². The molecule has 1 heterocycles. The summed E-state index contributed by atoms with van der Waals surface area (Å²) in [6, 6.07) is 6.03. The van der Waals surface area contributed by atoms with E-state index in [1.807, 2.05) is 39.0 Å². The molecule has 0 aliphatic carbocycles. The predicted octanol–water partition coefficient (Wildman–Crippen LogP) is 3.25. The molecule has 2 rings (SSSR count). The lowest BCUT2D eigenvalue weighted by Crippen LogP contribution is -2.10. The van der Waals surface area contributed by atoms with Crippen molar-refractivity contribution in [3.05, 3.63) is 51.8 Å². The van der Waals surface area contributed by atoms with Crippen molar-refractivity contribution in [1.29, 1.82) is 0 Å². The smallest absolute Gasteiger partial charge is 0.122 e. The van der Waals surface area contributed by atoms with Gasteiger partial charge in [0.2, 0.25) is 0 Å². The monoisotopic (exact) mass is 264 g/mol. The molecule has 3 nitrogen and oxygen atoms in total. The molecule has 1 aromatic heterocycles. The van der Waals surface area contributed by atoms with Crippen LogP contribution in [0, 0.1) is 13.8 Å². The molecule has 96 valence electrons. The minimum Gasteiger partial charge on any atom is -0.382 e. The zero-order valence-electron chi connectivity index (χ0n) is 10.8. The molecular formula is C14H17ClN2O. The zero-order valence-corrected chi connectivity index (χ0v) is 11.6. The van der Waals surface area contributed by atoms with Gasteiger partial charge in [-0.15, -0.1) is 0 Å². The van der Waals surface area contributed by atoms with Crippen molar-refractivity contribution in [2.24, 2.45) is 0 Å². The standard InChI is InChI=1S/C14H17ClN2O/c1-4-17-13(12(15)8-16-17)14(18)11-7-9(2)5-6-10(11)3/h5-8,14,18H,4H2,1-3H3. The van der Waals surface area contributed by atoms with E-state index in [0.29, 0.717) is 17.3 Å².